The molecule has 2 fully saturated rings. The number of hydrogen-bond donors (Lipinski definition) is 2. The van der Waals surface area contributed by atoms with Gasteiger partial charge in [0.05, 0.1) is 11.9 Å². The number of hydrogen-bond acceptors (Lipinski definition) is 3. The summed E-state index contributed by atoms with van der Waals surface area (Å²) in [7, 11) is 0. The molecule has 21 heavy (non-hydrogen) atoms. The van der Waals surface area contributed by atoms with Gasteiger partial charge in [0.1, 0.15) is 4.60 Å². The predicted octanol–water partition coefficient (Wildman–Crippen LogP) is 4.27. The van der Waals surface area contributed by atoms with Crippen molar-refractivity contribution >= 4 is 21.6 Å². The van der Waals surface area contributed by atoms with E-state index in [9.17, 15) is 0 Å². The van der Waals surface area contributed by atoms with Crippen LogP contribution in [0.15, 0.2) is 16.9 Å². The smallest absolute Gasteiger partial charge is 0.109 e. The highest BCUT2D eigenvalue weighted by Crippen LogP contribution is 2.32. The Morgan fingerprint density at radius 1 is 1.19 bits per heavy atom. The van der Waals surface area contributed by atoms with E-state index in [2.05, 4.69) is 44.5 Å². The molecular weight excluding hydrogens is 326 g/mol. The van der Waals surface area contributed by atoms with Gasteiger partial charge in [0.2, 0.25) is 0 Å². The van der Waals surface area contributed by atoms with Crippen LogP contribution in [-0.2, 0) is 0 Å². The first kappa shape index (κ1) is 15.3. The van der Waals surface area contributed by atoms with Crippen LogP contribution >= 0.6 is 15.9 Å². The molecule has 3 atom stereocenters. The molecule has 3 nitrogen and oxygen atoms in total. The lowest BCUT2D eigenvalue weighted by Gasteiger charge is -2.40. The molecule has 2 heterocycles. The van der Waals surface area contributed by atoms with Gasteiger partial charge in [-0.3, -0.25) is 0 Å². The van der Waals surface area contributed by atoms with Crippen LogP contribution in [0.25, 0.3) is 0 Å². The topological polar surface area (TPSA) is 37.0 Å². The maximum atomic E-state index is 4.42. The van der Waals surface area contributed by atoms with Crippen molar-refractivity contribution < 1.29 is 0 Å². The molecule has 0 amide bonds. The number of aryl methyl sites for hydroxylation is 1. The Morgan fingerprint density at radius 3 is 2.76 bits per heavy atom. The molecule has 1 aromatic rings. The Bertz CT molecular complexity index is 471. The average Bonchev–Trinajstić information content (AvgIpc) is 2.52. The van der Waals surface area contributed by atoms with Crippen molar-refractivity contribution in [2.45, 2.75) is 64.0 Å². The van der Waals surface area contributed by atoms with Crippen molar-refractivity contribution in [3.05, 3.63) is 22.4 Å². The Balaban J connectivity index is 1.69. The summed E-state index contributed by atoms with van der Waals surface area (Å²) in [5.41, 5.74) is 2.37. The van der Waals surface area contributed by atoms with E-state index in [4.69, 9.17) is 0 Å². The van der Waals surface area contributed by atoms with Gasteiger partial charge in [-0.2, -0.15) is 0 Å². The maximum Gasteiger partial charge on any atom is 0.109 e. The zero-order chi connectivity index (χ0) is 14.7. The first-order chi connectivity index (χ1) is 10.2. The van der Waals surface area contributed by atoms with Crippen LogP contribution in [0.2, 0.25) is 0 Å². The molecule has 2 N–H and O–H groups in total. The lowest BCUT2D eigenvalue weighted by Crippen LogP contribution is -2.48. The zero-order valence-electron chi connectivity index (χ0n) is 12.9. The Labute approximate surface area is 136 Å². The van der Waals surface area contributed by atoms with Gasteiger partial charge in [0.15, 0.2) is 0 Å². The minimum absolute atomic E-state index is 0.594. The van der Waals surface area contributed by atoms with Crippen molar-refractivity contribution in [1.29, 1.82) is 0 Å². The van der Waals surface area contributed by atoms with E-state index in [0.717, 1.165) is 10.5 Å². The van der Waals surface area contributed by atoms with Crippen molar-refractivity contribution in [2.75, 3.05) is 11.9 Å². The number of halogens is 1. The summed E-state index contributed by atoms with van der Waals surface area (Å²) in [6.45, 7) is 3.30. The monoisotopic (exact) mass is 351 g/mol. The Kier molecular flexibility index (Phi) is 5.17. The summed E-state index contributed by atoms with van der Waals surface area (Å²) in [6.07, 6.45) is 11.4. The molecule has 1 aliphatic carbocycles. The number of pyridine rings is 1. The minimum atomic E-state index is 0.594. The molecule has 1 aliphatic heterocycles. The summed E-state index contributed by atoms with van der Waals surface area (Å²) in [5.74, 6) is 0.767. The van der Waals surface area contributed by atoms with Crippen LogP contribution in [0.1, 0.15) is 50.5 Å². The van der Waals surface area contributed by atoms with Gasteiger partial charge in [-0.1, -0.05) is 19.3 Å². The summed E-state index contributed by atoms with van der Waals surface area (Å²) in [6, 6.07) is 3.51. The molecule has 0 bridgehead atoms. The normalized spacial score (nSPS) is 30.1. The fourth-order valence-corrected chi connectivity index (χ4v) is 4.13. The third kappa shape index (κ3) is 3.78. The molecule has 0 aromatic carbocycles. The predicted molar refractivity (Wildman–Crippen MR) is 91.7 cm³/mol. The molecule has 1 saturated carbocycles. The summed E-state index contributed by atoms with van der Waals surface area (Å²) in [5, 5.41) is 7.53. The SMILES string of the molecule is Cc1cc(NC2CCCCC2C2CCCCN2)cnc1Br. The maximum absolute atomic E-state index is 4.42. The Morgan fingerprint density at radius 2 is 2.00 bits per heavy atom. The standard InChI is InChI=1S/C17H26BrN3/c1-12-10-13(11-20-17(12)18)21-16-8-3-2-6-14(16)15-7-4-5-9-19-15/h10-11,14-16,19,21H,2-9H2,1H3. The molecule has 0 spiro atoms. The highest BCUT2D eigenvalue weighted by molar-refractivity contribution is 9.10. The van der Waals surface area contributed by atoms with Crippen LogP contribution in [-0.4, -0.2) is 23.6 Å². The summed E-state index contributed by atoms with van der Waals surface area (Å²) in [4.78, 5) is 4.42. The fourth-order valence-electron chi connectivity index (χ4n) is 3.92. The van der Waals surface area contributed by atoms with Crippen LogP contribution < -0.4 is 10.6 Å². The molecule has 3 rings (SSSR count). The van der Waals surface area contributed by atoms with E-state index in [1.54, 1.807) is 0 Å². The quantitative estimate of drug-likeness (QED) is 0.798. The van der Waals surface area contributed by atoms with Gasteiger partial charge >= 0.3 is 0 Å². The second-order valence-electron chi connectivity index (χ2n) is 6.59. The number of nitrogens with zero attached hydrogens (tertiary/aromatic N) is 1. The number of nitrogens with one attached hydrogen (secondary N) is 2. The van der Waals surface area contributed by atoms with Gasteiger partial charge in [-0.25, -0.2) is 4.98 Å². The lowest BCUT2D eigenvalue weighted by molar-refractivity contribution is 0.217. The highest BCUT2D eigenvalue weighted by atomic mass is 79.9. The average molecular weight is 352 g/mol. The molecule has 1 saturated heterocycles. The first-order valence-electron chi connectivity index (χ1n) is 8.36. The molecular formula is C17H26BrN3. The second-order valence-corrected chi connectivity index (χ2v) is 7.34. The van der Waals surface area contributed by atoms with E-state index in [1.807, 2.05) is 6.20 Å². The molecule has 4 heteroatoms. The molecule has 116 valence electrons. The van der Waals surface area contributed by atoms with Gasteiger partial charge in [0, 0.05) is 12.1 Å². The number of aromatic nitrogens is 1. The van der Waals surface area contributed by atoms with Gasteiger partial charge in [-0.05, 0) is 72.6 Å². The summed E-state index contributed by atoms with van der Waals surface area (Å²) < 4.78 is 0.946. The molecule has 1 aromatic heterocycles. The van der Waals surface area contributed by atoms with Crippen molar-refractivity contribution in [3.63, 3.8) is 0 Å². The van der Waals surface area contributed by atoms with Crippen LogP contribution in [0.4, 0.5) is 5.69 Å². The second kappa shape index (κ2) is 7.10. The lowest BCUT2D eigenvalue weighted by atomic mass is 9.77. The van der Waals surface area contributed by atoms with Crippen molar-refractivity contribution in [2.24, 2.45) is 5.92 Å². The minimum Gasteiger partial charge on any atom is -0.381 e. The van der Waals surface area contributed by atoms with Crippen LogP contribution in [0.5, 0.6) is 0 Å². The van der Waals surface area contributed by atoms with Crippen LogP contribution in [0.3, 0.4) is 0 Å². The van der Waals surface area contributed by atoms with E-state index < -0.39 is 0 Å². The zero-order valence-corrected chi connectivity index (χ0v) is 14.5. The third-order valence-corrected chi connectivity index (χ3v) is 5.88. The van der Waals surface area contributed by atoms with Gasteiger partial charge in [0.25, 0.3) is 0 Å². The number of rotatable bonds is 3. The van der Waals surface area contributed by atoms with E-state index >= 15 is 0 Å². The summed E-state index contributed by atoms with van der Waals surface area (Å²) >= 11 is 3.48. The Hall–Kier alpha value is -0.610. The number of piperidine rings is 1. The van der Waals surface area contributed by atoms with Crippen molar-refractivity contribution in [3.8, 4) is 0 Å². The van der Waals surface area contributed by atoms with E-state index in [0.29, 0.717) is 12.1 Å². The molecule has 3 unspecified atom stereocenters. The van der Waals surface area contributed by atoms with Crippen molar-refractivity contribution in [1.82, 2.24) is 10.3 Å². The molecule has 0 radical (unpaired) electrons. The van der Waals surface area contributed by atoms with Gasteiger partial charge in [-0.15, -0.1) is 0 Å². The largest absolute Gasteiger partial charge is 0.381 e. The highest BCUT2D eigenvalue weighted by Gasteiger charge is 2.32. The van der Waals surface area contributed by atoms with Gasteiger partial charge < -0.3 is 10.6 Å². The third-order valence-electron chi connectivity index (χ3n) is 5.05. The molecule has 2 aliphatic rings. The number of anilines is 1. The van der Waals surface area contributed by atoms with E-state index in [1.165, 1.54) is 62.7 Å². The van der Waals surface area contributed by atoms with Crippen LogP contribution in [0, 0.1) is 12.8 Å². The van der Waals surface area contributed by atoms with E-state index in [-0.39, 0.29) is 0 Å². The first-order valence-corrected chi connectivity index (χ1v) is 9.15. The fraction of sp³-hybridized carbons (Fsp3) is 0.706.